The predicted octanol–water partition coefficient (Wildman–Crippen LogP) is 2.44. The highest BCUT2D eigenvalue weighted by atomic mass is 32.2. The Labute approximate surface area is 135 Å². The molecule has 0 bridgehead atoms. The molecule has 1 amide bonds. The molecular formula is C16H19NO3S2. The van der Waals surface area contributed by atoms with Gasteiger partial charge in [0.15, 0.2) is 9.84 Å². The molecule has 0 fully saturated rings. The zero-order valence-corrected chi connectivity index (χ0v) is 14.0. The van der Waals surface area contributed by atoms with Crippen LogP contribution in [-0.2, 0) is 27.5 Å². The number of thiophene rings is 1. The van der Waals surface area contributed by atoms with Gasteiger partial charge in [-0.25, -0.2) is 8.42 Å². The first-order chi connectivity index (χ1) is 10.4. The zero-order chi connectivity index (χ0) is 16.0. The van der Waals surface area contributed by atoms with Crippen LogP contribution in [0.2, 0.25) is 0 Å². The van der Waals surface area contributed by atoms with Crippen LogP contribution in [0, 0.1) is 0 Å². The maximum atomic E-state index is 11.8. The van der Waals surface area contributed by atoms with Crippen molar-refractivity contribution < 1.29 is 13.2 Å². The van der Waals surface area contributed by atoms with Gasteiger partial charge in [0, 0.05) is 19.2 Å². The maximum Gasteiger partial charge on any atom is 0.220 e. The number of carbonyl (C=O) groups excluding carboxylic acids is 1. The van der Waals surface area contributed by atoms with Crippen LogP contribution in [0.4, 0.5) is 0 Å². The normalized spacial score (nSPS) is 11.3. The Balaban J connectivity index is 1.74. The number of benzene rings is 1. The van der Waals surface area contributed by atoms with Crippen molar-refractivity contribution in [1.82, 2.24) is 5.32 Å². The van der Waals surface area contributed by atoms with Crippen molar-refractivity contribution in [1.29, 1.82) is 0 Å². The Hall–Kier alpha value is -1.66. The summed E-state index contributed by atoms with van der Waals surface area (Å²) < 4.78 is 22.7. The van der Waals surface area contributed by atoms with Crippen LogP contribution in [0.5, 0.6) is 0 Å². The van der Waals surface area contributed by atoms with E-state index in [-0.39, 0.29) is 5.91 Å². The smallest absolute Gasteiger partial charge is 0.220 e. The second-order valence-electron chi connectivity index (χ2n) is 5.15. The van der Waals surface area contributed by atoms with Crippen LogP contribution < -0.4 is 5.32 Å². The number of rotatable bonds is 7. The van der Waals surface area contributed by atoms with Gasteiger partial charge in [0.2, 0.25) is 5.91 Å². The van der Waals surface area contributed by atoms with Crippen molar-refractivity contribution in [2.75, 3.05) is 12.8 Å². The van der Waals surface area contributed by atoms with E-state index >= 15 is 0 Å². The second kappa shape index (κ2) is 7.56. The third-order valence-electron chi connectivity index (χ3n) is 3.31. The molecular weight excluding hydrogens is 318 g/mol. The molecule has 1 aromatic carbocycles. The lowest BCUT2D eigenvalue weighted by molar-refractivity contribution is -0.121. The van der Waals surface area contributed by atoms with Gasteiger partial charge in [-0.1, -0.05) is 12.1 Å². The molecule has 0 unspecified atom stereocenters. The molecule has 1 aromatic heterocycles. The molecule has 1 N–H and O–H groups in total. The first-order valence-electron chi connectivity index (χ1n) is 7.02. The molecule has 0 saturated heterocycles. The van der Waals surface area contributed by atoms with Crippen molar-refractivity contribution >= 4 is 27.1 Å². The summed E-state index contributed by atoms with van der Waals surface area (Å²) in [4.78, 5) is 12.1. The molecule has 118 valence electrons. The molecule has 0 spiro atoms. The van der Waals surface area contributed by atoms with Gasteiger partial charge >= 0.3 is 0 Å². The van der Waals surface area contributed by atoms with Crippen molar-refractivity contribution in [3.8, 4) is 0 Å². The first-order valence-corrected chi connectivity index (χ1v) is 9.85. The fourth-order valence-corrected chi connectivity index (χ4v) is 3.36. The lowest BCUT2D eigenvalue weighted by Crippen LogP contribution is -2.25. The van der Waals surface area contributed by atoms with E-state index in [0.717, 1.165) is 12.0 Å². The van der Waals surface area contributed by atoms with Gasteiger partial charge in [-0.15, -0.1) is 0 Å². The van der Waals surface area contributed by atoms with Crippen LogP contribution in [0.1, 0.15) is 17.5 Å². The van der Waals surface area contributed by atoms with Crippen molar-refractivity contribution in [3.63, 3.8) is 0 Å². The van der Waals surface area contributed by atoms with E-state index in [0.29, 0.717) is 24.3 Å². The molecule has 22 heavy (non-hydrogen) atoms. The van der Waals surface area contributed by atoms with Crippen LogP contribution in [0.25, 0.3) is 0 Å². The lowest BCUT2D eigenvalue weighted by Gasteiger charge is -2.05. The number of sulfone groups is 1. The van der Waals surface area contributed by atoms with Gasteiger partial charge in [-0.3, -0.25) is 4.79 Å². The maximum absolute atomic E-state index is 11.8. The Bertz CT molecular complexity index is 704. The van der Waals surface area contributed by atoms with Gasteiger partial charge in [0.25, 0.3) is 0 Å². The summed E-state index contributed by atoms with van der Waals surface area (Å²) in [5.74, 6) is 0.0161. The topological polar surface area (TPSA) is 63.2 Å². The van der Waals surface area contributed by atoms with Gasteiger partial charge in [0.05, 0.1) is 4.90 Å². The molecule has 1 heterocycles. The number of carbonyl (C=O) groups is 1. The summed E-state index contributed by atoms with van der Waals surface area (Å²) in [6.07, 6.45) is 3.04. The monoisotopic (exact) mass is 337 g/mol. The molecule has 0 aliphatic carbocycles. The first kappa shape index (κ1) is 16.7. The van der Waals surface area contributed by atoms with Crippen LogP contribution >= 0.6 is 11.3 Å². The predicted molar refractivity (Wildman–Crippen MR) is 88.9 cm³/mol. The minimum absolute atomic E-state index is 0.0161. The van der Waals surface area contributed by atoms with Crippen LogP contribution in [0.3, 0.4) is 0 Å². The highest BCUT2D eigenvalue weighted by Crippen LogP contribution is 2.11. The number of nitrogens with one attached hydrogen (secondary N) is 1. The van der Waals surface area contributed by atoms with E-state index in [2.05, 4.69) is 16.8 Å². The fraction of sp³-hybridized carbons (Fsp3) is 0.312. The molecule has 0 radical (unpaired) electrons. The Morgan fingerprint density at radius 1 is 1.09 bits per heavy atom. The summed E-state index contributed by atoms with van der Waals surface area (Å²) >= 11 is 1.65. The number of aryl methyl sites for hydroxylation is 1. The lowest BCUT2D eigenvalue weighted by atomic mass is 10.1. The van der Waals surface area contributed by atoms with Gasteiger partial charge in [0.1, 0.15) is 0 Å². The Kier molecular flexibility index (Phi) is 5.74. The highest BCUT2D eigenvalue weighted by molar-refractivity contribution is 7.90. The highest BCUT2D eigenvalue weighted by Gasteiger charge is 2.07. The standard InChI is InChI=1S/C16H19NO3S2/c1-22(19,20)15-5-2-13(3-6-15)4-7-16(18)17-10-8-14-9-11-21-12-14/h2-3,5-6,9,11-12H,4,7-8,10H2,1H3,(H,17,18). The van der Waals surface area contributed by atoms with Crippen LogP contribution in [0.15, 0.2) is 46.0 Å². The molecule has 0 aliphatic rings. The van der Waals surface area contributed by atoms with E-state index in [9.17, 15) is 13.2 Å². The van der Waals surface area contributed by atoms with E-state index in [1.54, 1.807) is 35.6 Å². The quantitative estimate of drug-likeness (QED) is 0.844. The minimum Gasteiger partial charge on any atom is -0.356 e. The molecule has 4 nitrogen and oxygen atoms in total. The minimum atomic E-state index is -3.16. The molecule has 0 atom stereocenters. The van der Waals surface area contributed by atoms with E-state index in [1.165, 1.54) is 11.8 Å². The number of hydrogen-bond donors (Lipinski definition) is 1. The largest absolute Gasteiger partial charge is 0.356 e. The zero-order valence-electron chi connectivity index (χ0n) is 12.4. The average molecular weight is 337 g/mol. The Morgan fingerprint density at radius 2 is 1.82 bits per heavy atom. The van der Waals surface area contributed by atoms with E-state index in [1.807, 2.05) is 5.38 Å². The summed E-state index contributed by atoms with van der Waals surface area (Å²) in [5.41, 5.74) is 2.20. The molecule has 2 aromatic rings. The van der Waals surface area contributed by atoms with Crippen molar-refractivity contribution in [3.05, 3.63) is 52.2 Å². The molecule has 6 heteroatoms. The fourth-order valence-electron chi connectivity index (χ4n) is 2.03. The van der Waals surface area contributed by atoms with Crippen molar-refractivity contribution in [2.24, 2.45) is 0 Å². The van der Waals surface area contributed by atoms with Gasteiger partial charge in [-0.05, 0) is 52.9 Å². The third-order valence-corrected chi connectivity index (χ3v) is 5.17. The average Bonchev–Trinajstić information content (AvgIpc) is 2.98. The third kappa shape index (κ3) is 5.27. The number of hydrogen-bond acceptors (Lipinski definition) is 4. The summed E-state index contributed by atoms with van der Waals surface area (Å²) in [6, 6.07) is 8.74. The SMILES string of the molecule is CS(=O)(=O)c1ccc(CCC(=O)NCCc2ccsc2)cc1. The van der Waals surface area contributed by atoms with Gasteiger partial charge < -0.3 is 5.32 Å². The summed E-state index contributed by atoms with van der Waals surface area (Å²) in [5, 5.41) is 7.00. The second-order valence-corrected chi connectivity index (χ2v) is 7.94. The van der Waals surface area contributed by atoms with E-state index in [4.69, 9.17) is 0 Å². The molecule has 2 rings (SSSR count). The van der Waals surface area contributed by atoms with Crippen molar-refractivity contribution in [2.45, 2.75) is 24.2 Å². The summed E-state index contributed by atoms with van der Waals surface area (Å²) in [7, 11) is -3.16. The molecule has 0 aliphatic heterocycles. The molecule has 0 saturated carbocycles. The van der Waals surface area contributed by atoms with E-state index < -0.39 is 9.84 Å². The van der Waals surface area contributed by atoms with Crippen LogP contribution in [-0.4, -0.2) is 27.1 Å². The Morgan fingerprint density at radius 3 is 2.41 bits per heavy atom. The van der Waals surface area contributed by atoms with Gasteiger partial charge in [-0.2, -0.15) is 11.3 Å². The summed E-state index contributed by atoms with van der Waals surface area (Å²) in [6.45, 7) is 0.641. The number of amides is 1.